The van der Waals surface area contributed by atoms with Crippen LogP contribution in [0.15, 0.2) is 79.1 Å². The van der Waals surface area contributed by atoms with Crippen molar-refractivity contribution in [2.45, 2.75) is 31.8 Å². The molecule has 0 saturated carbocycles. The van der Waals surface area contributed by atoms with Crippen LogP contribution in [0.3, 0.4) is 0 Å². The van der Waals surface area contributed by atoms with Gasteiger partial charge in [0.2, 0.25) is 11.2 Å². The molecule has 1 atom stereocenters. The second-order valence-corrected chi connectivity index (χ2v) is 10.3. The van der Waals surface area contributed by atoms with Crippen LogP contribution < -0.4 is 13.9 Å². The molecule has 3 heteroatoms. The third kappa shape index (κ3) is 1.64. The molecule has 1 unspecified atom stereocenters. The lowest BCUT2D eigenvalue weighted by Gasteiger charge is -2.27. The van der Waals surface area contributed by atoms with Gasteiger partial charge in [-0.1, -0.05) is 32.9 Å². The fourth-order valence-electron chi connectivity index (χ4n) is 6.28. The van der Waals surface area contributed by atoms with Crippen LogP contribution in [0, 0.1) is 0 Å². The van der Waals surface area contributed by atoms with E-state index < -0.39 is 5.66 Å². The summed E-state index contributed by atoms with van der Waals surface area (Å²) in [6, 6.07) is 24.4. The van der Waals surface area contributed by atoms with Crippen LogP contribution in [0.25, 0.3) is 32.9 Å². The summed E-state index contributed by atoms with van der Waals surface area (Å²) in [4.78, 5) is 0. The maximum Gasteiger partial charge on any atom is 0.425 e. The highest BCUT2D eigenvalue weighted by Crippen LogP contribution is 2.57. The van der Waals surface area contributed by atoms with Gasteiger partial charge in [0.05, 0.1) is 10.9 Å². The molecule has 1 spiro atoms. The van der Waals surface area contributed by atoms with Gasteiger partial charge in [0.25, 0.3) is 0 Å². The van der Waals surface area contributed by atoms with E-state index in [1.54, 1.807) is 0 Å². The molecule has 0 aliphatic carbocycles. The minimum atomic E-state index is -0.464. The van der Waals surface area contributed by atoms with Crippen molar-refractivity contribution in [1.82, 2.24) is 0 Å². The maximum atomic E-state index is 6.72. The van der Waals surface area contributed by atoms with E-state index in [0.29, 0.717) is 0 Å². The summed E-state index contributed by atoms with van der Waals surface area (Å²) in [7, 11) is 0. The van der Waals surface area contributed by atoms with Gasteiger partial charge in [-0.25, -0.2) is 0 Å². The van der Waals surface area contributed by atoms with Crippen molar-refractivity contribution in [3.63, 3.8) is 0 Å². The average molecular weight is 415 g/mol. The number of aromatic nitrogens is 2. The van der Waals surface area contributed by atoms with Gasteiger partial charge >= 0.3 is 5.66 Å². The number of benzene rings is 3. The SMILES string of the molecule is CC(C)(C)c1cc2c3c(c1)-c1cccc[n+]1C31c3c(ccc4ccc5ccc[n+]1c5c34)O2. The normalized spacial score (nSPS) is 18.8. The molecule has 0 radical (unpaired) electrons. The standard InChI is InChI=1S/C29H22N2O/c1-28(2,3)19-15-20-21-8-4-5-13-30(21)29-25(20)23(16-19)32-22-12-11-17-9-10-18-7-6-14-31(29)27(18)24(17)26(22)29/h4-16H,1-3H3/q+2. The van der Waals surface area contributed by atoms with Crippen LogP contribution in [0.5, 0.6) is 11.5 Å². The third-order valence-electron chi connectivity index (χ3n) is 7.62. The Morgan fingerprint density at radius 3 is 2.44 bits per heavy atom. The van der Waals surface area contributed by atoms with Crippen LogP contribution in [0.1, 0.15) is 37.5 Å². The molecule has 3 aliphatic heterocycles. The third-order valence-corrected chi connectivity index (χ3v) is 7.62. The minimum absolute atomic E-state index is 0.0281. The van der Waals surface area contributed by atoms with Crippen LogP contribution in [-0.4, -0.2) is 0 Å². The predicted molar refractivity (Wildman–Crippen MR) is 124 cm³/mol. The number of hydrogen-bond donors (Lipinski definition) is 0. The summed E-state index contributed by atoms with van der Waals surface area (Å²) in [5.41, 5.74) is 7.17. The molecule has 8 rings (SSSR count). The Kier molecular flexibility index (Phi) is 2.65. The van der Waals surface area contributed by atoms with Crippen molar-refractivity contribution >= 4 is 21.7 Å². The van der Waals surface area contributed by atoms with Gasteiger partial charge in [-0.05, 0) is 52.8 Å². The van der Waals surface area contributed by atoms with E-state index in [9.17, 15) is 0 Å². The summed E-state index contributed by atoms with van der Waals surface area (Å²) in [5.74, 6) is 1.93. The van der Waals surface area contributed by atoms with E-state index in [2.05, 4.69) is 109 Å². The molecule has 5 heterocycles. The number of nitrogens with zero attached hydrogens (tertiary/aromatic N) is 2. The number of hydrogen-bond acceptors (Lipinski definition) is 1. The van der Waals surface area contributed by atoms with E-state index in [-0.39, 0.29) is 5.41 Å². The van der Waals surface area contributed by atoms with Crippen LogP contribution in [-0.2, 0) is 11.1 Å². The topological polar surface area (TPSA) is 17.0 Å². The zero-order valence-electron chi connectivity index (χ0n) is 18.3. The van der Waals surface area contributed by atoms with Crippen molar-refractivity contribution in [1.29, 1.82) is 0 Å². The molecule has 3 aromatic carbocycles. The zero-order valence-corrected chi connectivity index (χ0v) is 18.3. The highest BCUT2D eigenvalue weighted by Gasteiger charge is 2.70. The molecule has 0 fully saturated rings. The van der Waals surface area contributed by atoms with E-state index in [0.717, 1.165) is 11.5 Å². The van der Waals surface area contributed by atoms with Crippen molar-refractivity contribution in [3.8, 4) is 22.8 Å². The molecule has 3 nitrogen and oxygen atoms in total. The lowest BCUT2D eigenvalue weighted by molar-refractivity contribution is -0.950. The Labute approximate surface area is 186 Å². The summed E-state index contributed by atoms with van der Waals surface area (Å²) >= 11 is 0. The first-order valence-corrected chi connectivity index (χ1v) is 11.3. The monoisotopic (exact) mass is 414 g/mol. The molecule has 152 valence electrons. The number of fused-ring (bicyclic) bond motifs is 2. The van der Waals surface area contributed by atoms with Crippen molar-refractivity contribution in [3.05, 3.63) is 95.8 Å². The van der Waals surface area contributed by atoms with Crippen LogP contribution >= 0.6 is 0 Å². The van der Waals surface area contributed by atoms with Crippen LogP contribution in [0.2, 0.25) is 0 Å². The van der Waals surface area contributed by atoms with Crippen molar-refractivity contribution in [2.75, 3.05) is 0 Å². The highest BCUT2D eigenvalue weighted by molar-refractivity contribution is 6.08. The molecule has 32 heavy (non-hydrogen) atoms. The molecule has 0 bridgehead atoms. The Hall–Kier alpha value is -3.72. The summed E-state index contributed by atoms with van der Waals surface area (Å²) in [5, 5.41) is 3.83. The lowest BCUT2D eigenvalue weighted by Crippen LogP contribution is -2.71. The van der Waals surface area contributed by atoms with E-state index >= 15 is 0 Å². The number of pyridine rings is 2. The highest BCUT2D eigenvalue weighted by atomic mass is 16.5. The van der Waals surface area contributed by atoms with E-state index in [1.165, 1.54) is 49.6 Å². The van der Waals surface area contributed by atoms with Gasteiger partial charge < -0.3 is 4.74 Å². The molecule has 5 aromatic rings. The van der Waals surface area contributed by atoms with Crippen molar-refractivity contribution < 1.29 is 13.9 Å². The number of rotatable bonds is 0. The molecule has 3 aliphatic rings. The van der Waals surface area contributed by atoms with Gasteiger partial charge in [-0.2, -0.15) is 0 Å². The fourth-order valence-corrected chi connectivity index (χ4v) is 6.28. The molecule has 0 amide bonds. The minimum Gasteiger partial charge on any atom is -0.456 e. The smallest absolute Gasteiger partial charge is 0.425 e. The Morgan fingerprint density at radius 2 is 1.56 bits per heavy atom. The summed E-state index contributed by atoms with van der Waals surface area (Å²) in [6.07, 6.45) is 4.48. The maximum absolute atomic E-state index is 6.72. The van der Waals surface area contributed by atoms with Gasteiger partial charge in [0, 0.05) is 23.6 Å². The number of ether oxygens (including phenoxy) is 1. The first-order chi connectivity index (χ1) is 15.5. The fraction of sp³-hybridized carbons (Fsp3) is 0.172. The molecular formula is C29H22N2O+2. The lowest BCUT2D eigenvalue weighted by atomic mass is 9.81. The Morgan fingerprint density at radius 1 is 0.750 bits per heavy atom. The Balaban J connectivity index is 1.67. The summed E-state index contributed by atoms with van der Waals surface area (Å²) < 4.78 is 11.7. The largest absolute Gasteiger partial charge is 0.456 e. The molecule has 2 aromatic heterocycles. The van der Waals surface area contributed by atoms with E-state index in [1.807, 2.05) is 0 Å². The summed E-state index contributed by atoms with van der Waals surface area (Å²) in [6.45, 7) is 6.81. The predicted octanol–water partition coefficient (Wildman–Crippen LogP) is 5.56. The van der Waals surface area contributed by atoms with Gasteiger partial charge in [-0.15, -0.1) is 9.13 Å². The van der Waals surface area contributed by atoms with Gasteiger partial charge in [0.1, 0.15) is 11.5 Å². The second kappa shape index (κ2) is 5.02. The zero-order chi connectivity index (χ0) is 21.4. The van der Waals surface area contributed by atoms with Crippen LogP contribution in [0.4, 0.5) is 0 Å². The quantitative estimate of drug-likeness (QED) is 0.234. The molecular weight excluding hydrogens is 392 g/mol. The second-order valence-electron chi connectivity index (χ2n) is 10.3. The Bertz CT molecular complexity index is 1690. The molecule has 0 N–H and O–H groups in total. The van der Waals surface area contributed by atoms with Gasteiger partial charge in [-0.3, -0.25) is 0 Å². The average Bonchev–Trinajstić information content (AvgIpc) is 3.28. The van der Waals surface area contributed by atoms with Crippen molar-refractivity contribution in [2.24, 2.45) is 0 Å². The first kappa shape index (κ1) is 16.9. The van der Waals surface area contributed by atoms with E-state index in [4.69, 9.17) is 4.74 Å². The van der Waals surface area contributed by atoms with Gasteiger partial charge in [0.15, 0.2) is 23.5 Å². The molecule has 0 saturated heterocycles. The first-order valence-electron chi connectivity index (χ1n) is 11.3.